The topological polar surface area (TPSA) is 91.8 Å². The second-order valence-corrected chi connectivity index (χ2v) is 7.00. The van der Waals surface area contributed by atoms with Crippen LogP contribution in [0.5, 0.6) is 0 Å². The molecule has 142 valence electrons. The van der Waals surface area contributed by atoms with Crippen LogP contribution in [0.1, 0.15) is 49.0 Å². The summed E-state index contributed by atoms with van der Waals surface area (Å²) < 4.78 is 5.91. The Morgan fingerprint density at radius 2 is 2.04 bits per heavy atom. The summed E-state index contributed by atoms with van der Waals surface area (Å²) in [6, 6.07) is 4.87. The van der Waals surface area contributed by atoms with Gasteiger partial charge >= 0.3 is 0 Å². The van der Waals surface area contributed by atoms with Gasteiger partial charge in [-0.3, -0.25) is 14.6 Å². The average Bonchev–Trinajstić information content (AvgIpc) is 2.70. The summed E-state index contributed by atoms with van der Waals surface area (Å²) in [7, 11) is 0. The summed E-state index contributed by atoms with van der Waals surface area (Å²) in [6.45, 7) is 1.47. The molecule has 1 aromatic heterocycles. The van der Waals surface area contributed by atoms with Crippen molar-refractivity contribution in [3.8, 4) is 0 Å². The van der Waals surface area contributed by atoms with Crippen molar-refractivity contribution in [3.05, 3.63) is 30.1 Å². The van der Waals surface area contributed by atoms with Crippen LogP contribution in [0, 0.1) is 0 Å². The number of ether oxygens (including phenoxy) is 1. The summed E-state index contributed by atoms with van der Waals surface area (Å²) in [4.78, 5) is 30.6. The lowest BCUT2D eigenvalue weighted by Gasteiger charge is -2.37. The van der Waals surface area contributed by atoms with E-state index in [4.69, 9.17) is 4.74 Å². The van der Waals surface area contributed by atoms with Gasteiger partial charge in [0, 0.05) is 19.3 Å². The maximum Gasteiger partial charge on any atom is 0.270 e. The summed E-state index contributed by atoms with van der Waals surface area (Å²) in [5.41, 5.74) is 0.339. The zero-order valence-corrected chi connectivity index (χ0v) is 15.0. The van der Waals surface area contributed by atoms with Gasteiger partial charge in [0.2, 0.25) is 5.91 Å². The number of hydrogen-bond acceptors (Lipinski definition) is 5. The van der Waals surface area contributed by atoms with Crippen molar-refractivity contribution < 1.29 is 19.4 Å². The van der Waals surface area contributed by atoms with Gasteiger partial charge < -0.3 is 20.1 Å². The lowest BCUT2D eigenvalue weighted by Crippen LogP contribution is -2.51. The number of nitrogens with zero attached hydrogens (tertiary/aromatic N) is 2. The SMILES string of the molecule is O=C(N[C@@H]1CC[C@H](CC(=O)N2CCCCC2)O[C@H]1CO)c1ccccn1. The van der Waals surface area contributed by atoms with E-state index in [1.807, 2.05) is 4.90 Å². The third-order valence-electron chi connectivity index (χ3n) is 5.12. The Kier molecular flexibility index (Phi) is 6.57. The Balaban J connectivity index is 1.51. The van der Waals surface area contributed by atoms with Gasteiger partial charge in [-0.2, -0.15) is 0 Å². The van der Waals surface area contributed by atoms with E-state index in [9.17, 15) is 14.7 Å². The fourth-order valence-corrected chi connectivity index (χ4v) is 3.65. The molecule has 0 bridgehead atoms. The number of carbonyl (C=O) groups is 2. The minimum Gasteiger partial charge on any atom is -0.394 e. The number of rotatable bonds is 5. The van der Waals surface area contributed by atoms with E-state index in [0.717, 1.165) is 25.9 Å². The van der Waals surface area contributed by atoms with Crippen molar-refractivity contribution >= 4 is 11.8 Å². The lowest BCUT2D eigenvalue weighted by molar-refractivity contribution is -0.141. The molecule has 0 aliphatic carbocycles. The molecule has 2 N–H and O–H groups in total. The minimum absolute atomic E-state index is 0.127. The highest BCUT2D eigenvalue weighted by Crippen LogP contribution is 2.23. The Hall–Kier alpha value is -1.99. The minimum atomic E-state index is -0.504. The molecule has 3 rings (SSSR count). The fourth-order valence-electron chi connectivity index (χ4n) is 3.65. The van der Waals surface area contributed by atoms with Gasteiger partial charge in [-0.1, -0.05) is 6.07 Å². The molecule has 0 aromatic carbocycles. The largest absolute Gasteiger partial charge is 0.394 e. The van der Waals surface area contributed by atoms with Crippen LogP contribution in [-0.2, 0) is 9.53 Å². The molecular weight excluding hydrogens is 334 g/mol. The summed E-state index contributed by atoms with van der Waals surface area (Å²) in [5, 5.41) is 12.5. The first-order chi connectivity index (χ1) is 12.7. The van der Waals surface area contributed by atoms with E-state index in [1.54, 1.807) is 24.4 Å². The maximum absolute atomic E-state index is 12.4. The van der Waals surface area contributed by atoms with Crippen molar-refractivity contribution in [3.63, 3.8) is 0 Å². The summed E-state index contributed by atoms with van der Waals surface area (Å²) in [5.74, 6) is -0.150. The molecule has 26 heavy (non-hydrogen) atoms. The Morgan fingerprint density at radius 1 is 1.23 bits per heavy atom. The van der Waals surface area contributed by atoms with Crippen molar-refractivity contribution in [1.82, 2.24) is 15.2 Å². The number of nitrogens with one attached hydrogen (secondary N) is 1. The van der Waals surface area contributed by atoms with E-state index < -0.39 is 6.10 Å². The molecule has 0 spiro atoms. The van der Waals surface area contributed by atoms with Gasteiger partial charge in [0.1, 0.15) is 11.8 Å². The second kappa shape index (κ2) is 9.09. The first kappa shape index (κ1) is 18.8. The van der Waals surface area contributed by atoms with Crippen molar-refractivity contribution in [2.75, 3.05) is 19.7 Å². The second-order valence-electron chi connectivity index (χ2n) is 7.00. The molecule has 0 radical (unpaired) electrons. The molecular formula is C19H27N3O4. The lowest BCUT2D eigenvalue weighted by atomic mass is 9.96. The van der Waals surface area contributed by atoms with Crippen molar-refractivity contribution in [2.24, 2.45) is 0 Å². The van der Waals surface area contributed by atoms with E-state index in [2.05, 4.69) is 10.3 Å². The van der Waals surface area contributed by atoms with Crippen molar-refractivity contribution in [1.29, 1.82) is 0 Å². The number of likely N-dealkylation sites (tertiary alicyclic amines) is 1. The zero-order chi connectivity index (χ0) is 18.4. The standard InChI is InChI=1S/C19H27N3O4/c23-13-17-15(21-19(25)16-6-2-3-9-20-16)8-7-14(26-17)12-18(24)22-10-4-1-5-11-22/h2-3,6,9,14-15,17,23H,1,4-5,7-8,10-13H2,(H,21,25)/t14-,15-,17+/m1/s1. The number of carbonyl (C=O) groups excluding carboxylic acids is 2. The quantitative estimate of drug-likeness (QED) is 0.820. The predicted molar refractivity (Wildman–Crippen MR) is 95.5 cm³/mol. The zero-order valence-electron chi connectivity index (χ0n) is 15.0. The van der Waals surface area contributed by atoms with Gasteiger partial charge in [0.15, 0.2) is 0 Å². The van der Waals surface area contributed by atoms with Gasteiger partial charge in [-0.15, -0.1) is 0 Å². The molecule has 2 aliphatic rings. The van der Waals surface area contributed by atoms with Gasteiger partial charge in [-0.25, -0.2) is 0 Å². The third-order valence-corrected chi connectivity index (χ3v) is 5.12. The van der Waals surface area contributed by atoms with Crippen LogP contribution in [-0.4, -0.2) is 64.8 Å². The average molecular weight is 361 g/mol. The van der Waals surface area contributed by atoms with Crippen LogP contribution < -0.4 is 5.32 Å². The van der Waals surface area contributed by atoms with E-state index in [-0.39, 0.29) is 30.6 Å². The van der Waals surface area contributed by atoms with Gasteiger partial charge in [-0.05, 0) is 44.2 Å². The number of piperidine rings is 1. The molecule has 2 saturated heterocycles. The smallest absolute Gasteiger partial charge is 0.270 e. The van der Waals surface area contributed by atoms with Crippen molar-refractivity contribution in [2.45, 2.75) is 56.8 Å². The Labute approximate surface area is 153 Å². The molecule has 7 nitrogen and oxygen atoms in total. The van der Waals surface area contributed by atoms with E-state index >= 15 is 0 Å². The first-order valence-electron chi connectivity index (χ1n) is 9.43. The van der Waals surface area contributed by atoms with Crippen LogP contribution in [0.25, 0.3) is 0 Å². The molecule has 0 saturated carbocycles. The molecule has 2 fully saturated rings. The first-order valence-corrected chi connectivity index (χ1v) is 9.43. The molecule has 3 atom stereocenters. The molecule has 2 aliphatic heterocycles. The Morgan fingerprint density at radius 3 is 2.73 bits per heavy atom. The van der Waals surface area contributed by atoms with E-state index in [1.165, 1.54) is 6.42 Å². The van der Waals surface area contributed by atoms with Crippen LogP contribution >= 0.6 is 0 Å². The van der Waals surface area contributed by atoms with Crippen LogP contribution in [0.3, 0.4) is 0 Å². The number of aliphatic hydroxyl groups excluding tert-OH is 1. The van der Waals surface area contributed by atoms with Crippen LogP contribution in [0.15, 0.2) is 24.4 Å². The number of hydrogen-bond donors (Lipinski definition) is 2. The molecule has 1 aromatic rings. The van der Waals surface area contributed by atoms with Crippen LogP contribution in [0.2, 0.25) is 0 Å². The Bertz CT molecular complexity index is 604. The monoisotopic (exact) mass is 361 g/mol. The predicted octanol–water partition coefficient (Wildman–Crippen LogP) is 1.12. The number of pyridine rings is 1. The normalized spacial score (nSPS) is 26.3. The highest BCUT2D eigenvalue weighted by atomic mass is 16.5. The fraction of sp³-hybridized carbons (Fsp3) is 0.632. The molecule has 2 amide bonds. The summed E-state index contributed by atoms with van der Waals surface area (Å²) in [6.07, 6.45) is 5.88. The summed E-state index contributed by atoms with van der Waals surface area (Å²) >= 11 is 0. The number of aromatic nitrogens is 1. The highest BCUT2D eigenvalue weighted by Gasteiger charge is 2.34. The maximum atomic E-state index is 12.4. The van der Waals surface area contributed by atoms with Gasteiger partial charge in [0.05, 0.1) is 25.2 Å². The number of amides is 2. The third kappa shape index (κ3) is 4.80. The molecule has 3 heterocycles. The number of aliphatic hydroxyl groups is 1. The highest BCUT2D eigenvalue weighted by molar-refractivity contribution is 5.92. The molecule has 0 unspecified atom stereocenters. The van der Waals surface area contributed by atoms with Crippen LogP contribution in [0.4, 0.5) is 0 Å². The van der Waals surface area contributed by atoms with Gasteiger partial charge in [0.25, 0.3) is 5.91 Å². The molecule has 7 heteroatoms. The van der Waals surface area contributed by atoms with E-state index in [0.29, 0.717) is 25.0 Å².